The van der Waals surface area contributed by atoms with E-state index in [4.69, 9.17) is 0 Å². The molecule has 0 bridgehead atoms. The Hall–Kier alpha value is -1.18. The first-order valence-electron chi connectivity index (χ1n) is 6.42. The van der Waals surface area contributed by atoms with Crippen molar-refractivity contribution in [1.82, 2.24) is 0 Å². The molecule has 0 aromatic heterocycles. The van der Waals surface area contributed by atoms with Crippen molar-refractivity contribution in [2.45, 2.75) is 39.5 Å². The van der Waals surface area contributed by atoms with Gasteiger partial charge in [-0.15, -0.1) is 0 Å². The summed E-state index contributed by atoms with van der Waals surface area (Å²) < 4.78 is 13.2. The second kappa shape index (κ2) is 4.99. The van der Waals surface area contributed by atoms with Gasteiger partial charge in [-0.05, 0) is 49.8 Å². The molecule has 2 rings (SSSR count). The number of rotatable bonds is 3. The number of carbonyl (C=O) groups is 1. The predicted molar refractivity (Wildman–Crippen MR) is 66.6 cm³/mol. The van der Waals surface area contributed by atoms with Crippen molar-refractivity contribution in [3.63, 3.8) is 0 Å². The zero-order valence-corrected chi connectivity index (χ0v) is 10.5. The van der Waals surface area contributed by atoms with E-state index in [9.17, 15) is 9.18 Å². The van der Waals surface area contributed by atoms with Crippen LogP contribution in [0.15, 0.2) is 18.2 Å². The van der Waals surface area contributed by atoms with Gasteiger partial charge < -0.3 is 0 Å². The molecule has 0 spiro atoms. The van der Waals surface area contributed by atoms with Crippen LogP contribution in [0.2, 0.25) is 0 Å². The summed E-state index contributed by atoms with van der Waals surface area (Å²) in [6, 6.07) is 4.49. The maximum Gasteiger partial charge on any atom is 0.166 e. The fourth-order valence-corrected chi connectivity index (χ4v) is 2.76. The van der Waals surface area contributed by atoms with Gasteiger partial charge in [-0.2, -0.15) is 0 Å². The van der Waals surface area contributed by atoms with Gasteiger partial charge >= 0.3 is 0 Å². The fraction of sp³-hybridized carbons (Fsp3) is 0.533. The number of Topliss-reactive ketones (excluding diaryl/α,β-unsaturated/α-hetero) is 1. The summed E-state index contributed by atoms with van der Waals surface area (Å²) in [5, 5.41) is 0. The Kier molecular flexibility index (Phi) is 3.60. The molecule has 17 heavy (non-hydrogen) atoms. The highest BCUT2D eigenvalue weighted by molar-refractivity contribution is 5.99. The molecule has 0 amide bonds. The molecular formula is C15H19FO. The summed E-state index contributed by atoms with van der Waals surface area (Å²) in [7, 11) is 0. The van der Waals surface area contributed by atoms with Gasteiger partial charge in [-0.3, -0.25) is 4.79 Å². The van der Waals surface area contributed by atoms with Crippen molar-refractivity contribution in [2.24, 2.45) is 11.8 Å². The van der Waals surface area contributed by atoms with Crippen molar-refractivity contribution in [1.29, 1.82) is 0 Å². The summed E-state index contributed by atoms with van der Waals surface area (Å²) in [6.07, 6.45) is 4.23. The first-order valence-corrected chi connectivity index (χ1v) is 6.42. The number of halogens is 1. The maximum absolute atomic E-state index is 13.2. The zero-order valence-electron chi connectivity index (χ0n) is 10.5. The Morgan fingerprint density at radius 2 is 2.18 bits per heavy atom. The van der Waals surface area contributed by atoms with Crippen LogP contribution in [0.1, 0.15) is 48.5 Å². The Morgan fingerprint density at radius 1 is 1.41 bits per heavy atom. The van der Waals surface area contributed by atoms with Gasteiger partial charge in [0.2, 0.25) is 0 Å². The normalized spacial score (nSPS) is 23.9. The van der Waals surface area contributed by atoms with Crippen molar-refractivity contribution in [2.75, 3.05) is 0 Å². The molecular weight excluding hydrogens is 215 g/mol. The lowest BCUT2D eigenvalue weighted by atomic mass is 9.92. The Morgan fingerprint density at radius 3 is 2.82 bits per heavy atom. The van der Waals surface area contributed by atoms with E-state index < -0.39 is 0 Å². The van der Waals surface area contributed by atoms with Crippen LogP contribution in [0.25, 0.3) is 0 Å². The van der Waals surface area contributed by atoms with Crippen LogP contribution in [-0.2, 0) is 0 Å². The molecule has 0 heterocycles. The minimum atomic E-state index is -0.316. The van der Waals surface area contributed by atoms with Gasteiger partial charge in [0.1, 0.15) is 5.82 Å². The van der Waals surface area contributed by atoms with E-state index in [2.05, 4.69) is 6.92 Å². The number of hydrogen-bond acceptors (Lipinski definition) is 1. The molecule has 1 aromatic carbocycles. The number of ketones is 1. The van der Waals surface area contributed by atoms with Crippen LogP contribution >= 0.6 is 0 Å². The molecule has 1 nitrogen and oxygen atoms in total. The molecule has 0 saturated heterocycles. The quantitative estimate of drug-likeness (QED) is 0.718. The summed E-state index contributed by atoms with van der Waals surface area (Å²) >= 11 is 0. The zero-order chi connectivity index (χ0) is 12.4. The summed E-state index contributed by atoms with van der Waals surface area (Å²) in [5.41, 5.74) is 1.46. The van der Waals surface area contributed by atoms with Crippen LogP contribution < -0.4 is 0 Å². The summed E-state index contributed by atoms with van der Waals surface area (Å²) in [4.78, 5) is 12.3. The monoisotopic (exact) mass is 234 g/mol. The van der Waals surface area contributed by atoms with Crippen LogP contribution in [0.5, 0.6) is 0 Å². The van der Waals surface area contributed by atoms with Gasteiger partial charge in [0.05, 0.1) is 0 Å². The highest BCUT2D eigenvalue weighted by Crippen LogP contribution is 2.35. The van der Waals surface area contributed by atoms with Gasteiger partial charge in [-0.1, -0.05) is 19.4 Å². The fourth-order valence-electron chi connectivity index (χ4n) is 2.76. The molecule has 0 N–H and O–H groups in total. The predicted octanol–water partition coefficient (Wildman–Crippen LogP) is 4.14. The smallest absolute Gasteiger partial charge is 0.166 e. The molecule has 2 atom stereocenters. The van der Waals surface area contributed by atoms with Crippen molar-refractivity contribution in [3.8, 4) is 0 Å². The van der Waals surface area contributed by atoms with Gasteiger partial charge in [-0.25, -0.2) is 4.39 Å². The largest absolute Gasteiger partial charge is 0.294 e. The minimum absolute atomic E-state index is 0.112. The van der Waals surface area contributed by atoms with E-state index in [-0.39, 0.29) is 17.5 Å². The van der Waals surface area contributed by atoms with Crippen molar-refractivity contribution >= 4 is 5.78 Å². The van der Waals surface area contributed by atoms with E-state index in [0.717, 1.165) is 31.2 Å². The number of benzene rings is 1. The van der Waals surface area contributed by atoms with E-state index in [1.807, 2.05) is 6.92 Å². The SMILES string of the molecule is CCC1CCC(C(=O)c2cc(F)ccc2C)C1. The second-order valence-corrected chi connectivity index (χ2v) is 5.11. The lowest BCUT2D eigenvalue weighted by molar-refractivity contribution is 0.0919. The topological polar surface area (TPSA) is 17.1 Å². The number of aryl methyl sites for hydroxylation is 1. The molecule has 2 unspecified atom stereocenters. The molecule has 0 aliphatic heterocycles. The van der Waals surface area contributed by atoms with Crippen LogP contribution in [0.3, 0.4) is 0 Å². The third kappa shape index (κ3) is 2.56. The molecule has 1 aliphatic carbocycles. The Bertz CT molecular complexity index is 425. The van der Waals surface area contributed by atoms with E-state index in [0.29, 0.717) is 11.5 Å². The lowest BCUT2D eigenvalue weighted by Crippen LogP contribution is -2.13. The first kappa shape index (κ1) is 12.3. The average Bonchev–Trinajstić information content (AvgIpc) is 2.80. The Balaban J connectivity index is 2.17. The third-order valence-electron chi connectivity index (χ3n) is 3.95. The highest BCUT2D eigenvalue weighted by atomic mass is 19.1. The van der Waals surface area contributed by atoms with E-state index >= 15 is 0 Å². The molecule has 0 radical (unpaired) electrons. The van der Waals surface area contributed by atoms with Crippen LogP contribution in [0, 0.1) is 24.6 Å². The van der Waals surface area contributed by atoms with Gasteiger partial charge in [0.15, 0.2) is 5.78 Å². The standard InChI is InChI=1S/C15H19FO/c1-3-11-5-6-12(8-11)15(17)14-9-13(16)7-4-10(14)2/h4,7,9,11-12H,3,5-6,8H2,1-2H3. The second-order valence-electron chi connectivity index (χ2n) is 5.11. The first-order chi connectivity index (χ1) is 8.11. The van der Waals surface area contributed by atoms with Crippen molar-refractivity contribution in [3.05, 3.63) is 35.1 Å². The van der Waals surface area contributed by atoms with Gasteiger partial charge in [0.25, 0.3) is 0 Å². The summed E-state index contributed by atoms with van der Waals surface area (Å²) in [6.45, 7) is 4.05. The van der Waals surface area contributed by atoms with E-state index in [1.165, 1.54) is 12.1 Å². The molecule has 2 heteroatoms. The molecule has 1 aliphatic rings. The molecule has 1 aromatic rings. The minimum Gasteiger partial charge on any atom is -0.294 e. The van der Waals surface area contributed by atoms with Crippen molar-refractivity contribution < 1.29 is 9.18 Å². The summed E-state index contributed by atoms with van der Waals surface area (Å²) in [5.74, 6) is 0.611. The lowest BCUT2D eigenvalue weighted by Gasteiger charge is -2.11. The molecule has 1 saturated carbocycles. The van der Waals surface area contributed by atoms with Crippen LogP contribution in [-0.4, -0.2) is 5.78 Å². The molecule has 1 fully saturated rings. The average molecular weight is 234 g/mol. The highest BCUT2D eigenvalue weighted by Gasteiger charge is 2.30. The van der Waals surface area contributed by atoms with E-state index in [1.54, 1.807) is 6.07 Å². The van der Waals surface area contributed by atoms with Crippen LogP contribution in [0.4, 0.5) is 4.39 Å². The number of hydrogen-bond donors (Lipinski definition) is 0. The Labute approximate surface area is 102 Å². The van der Waals surface area contributed by atoms with Gasteiger partial charge in [0, 0.05) is 11.5 Å². The maximum atomic E-state index is 13.2. The number of carbonyl (C=O) groups excluding carboxylic acids is 1. The third-order valence-corrected chi connectivity index (χ3v) is 3.95. The molecule has 92 valence electrons.